The second kappa shape index (κ2) is 6.84. The van der Waals surface area contributed by atoms with E-state index in [1.807, 2.05) is 0 Å². The van der Waals surface area contributed by atoms with Crippen molar-refractivity contribution < 1.29 is 13.6 Å². The van der Waals surface area contributed by atoms with Crippen LogP contribution in [-0.4, -0.2) is 39.7 Å². The highest BCUT2D eigenvalue weighted by Crippen LogP contribution is 2.27. The van der Waals surface area contributed by atoms with Gasteiger partial charge in [0.15, 0.2) is 0 Å². The monoisotopic (exact) mass is 378 g/mol. The van der Waals surface area contributed by atoms with Crippen LogP contribution in [0.1, 0.15) is 10.4 Å². The van der Waals surface area contributed by atoms with Crippen LogP contribution in [0.25, 0.3) is 27.8 Å². The van der Waals surface area contributed by atoms with Gasteiger partial charge in [0.1, 0.15) is 17.3 Å². The number of fused-ring (bicyclic) bond motifs is 1. The first kappa shape index (κ1) is 17.8. The highest BCUT2D eigenvalue weighted by Gasteiger charge is 2.17. The van der Waals surface area contributed by atoms with E-state index in [4.69, 9.17) is 0 Å². The number of rotatable bonds is 3. The molecule has 4 rings (SSSR count). The van der Waals surface area contributed by atoms with E-state index in [-0.39, 0.29) is 5.91 Å². The molecule has 7 heteroatoms. The predicted molar refractivity (Wildman–Crippen MR) is 102 cm³/mol. The Bertz CT molecular complexity index is 1200. The highest BCUT2D eigenvalue weighted by molar-refractivity contribution is 6.07. The van der Waals surface area contributed by atoms with Crippen LogP contribution in [0, 0.1) is 11.6 Å². The first-order chi connectivity index (χ1) is 13.4. The van der Waals surface area contributed by atoms with Gasteiger partial charge < -0.3 is 4.90 Å². The fourth-order valence-electron chi connectivity index (χ4n) is 2.99. The molecule has 0 aliphatic heterocycles. The van der Waals surface area contributed by atoms with Gasteiger partial charge >= 0.3 is 0 Å². The number of benzene rings is 2. The quantitative estimate of drug-likeness (QED) is 0.540. The lowest BCUT2D eigenvalue weighted by atomic mass is 10.0. The molecule has 5 nitrogen and oxygen atoms in total. The SMILES string of the molecule is CN(C)C(=O)c1cc(-c2cnn(-c3ccccc3F)c2)nc2ccc(F)cc12. The summed E-state index contributed by atoms with van der Waals surface area (Å²) in [6.07, 6.45) is 3.19. The summed E-state index contributed by atoms with van der Waals surface area (Å²) in [7, 11) is 3.26. The summed E-state index contributed by atoms with van der Waals surface area (Å²) in [6.45, 7) is 0. The van der Waals surface area contributed by atoms with E-state index < -0.39 is 11.6 Å². The zero-order valence-corrected chi connectivity index (χ0v) is 15.2. The molecule has 0 aliphatic carbocycles. The molecule has 4 aromatic rings. The van der Waals surface area contributed by atoms with Crippen LogP contribution < -0.4 is 0 Å². The molecule has 0 aliphatic rings. The van der Waals surface area contributed by atoms with Gasteiger partial charge in [0, 0.05) is 31.2 Å². The molecular weight excluding hydrogens is 362 g/mol. The molecule has 1 amide bonds. The average Bonchev–Trinajstić information content (AvgIpc) is 3.17. The van der Waals surface area contributed by atoms with E-state index in [1.165, 1.54) is 33.8 Å². The van der Waals surface area contributed by atoms with Gasteiger partial charge in [-0.1, -0.05) is 12.1 Å². The minimum absolute atomic E-state index is 0.263. The Labute approximate surface area is 159 Å². The Morgan fingerprint density at radius 2 is 1.86 bits per heavy atom. The molecule has 2 aromatic carbocycles. The summed E-state index contributed by atoms with van der Waals surface area (Å²) >= 11 is 0. The first-order valence-corrected chi connectivity index (χ1v) is 8.56. The van der Waals surface area contributed by atoms with Crippen molar-refractivity contribution in [2.45, 2.75) is 0 Å². The highest BCUT2D eigenvalue weighted by atomic mass is 19.1. The number of amides is 1. The van der Waals surface area contributed by atoms with E-state index in [0.29, 0.717) is 33.4 Å². The molecule has 2 aromatic heterocycles. The van der Waals surface area contributed by atoms with Crippen molar-refractivity contribution in [3.05, 3.63) is 78.1 Å². The molecule has 0 spiro atoms. The minimum Gasteiger partial charge on any atom is -0.345 e. The number of hydrogen-bond acceptors (Lipinski definition) is 3. The molecule has 0 fully saturated rings. The van der Waals surface area contributed by atoms with E-state index in [2.05, 4.69) is 10.1 Å². The third-order valence-corrected chi connectivity index (χ3v) is 4.38. The summed E-state index contributed by atoms with van der Waals surface area (Å²) in [5.41, 5.74) is 2.24. The maximum atomic E-state index is 14.0. The largest absolute Gasteiger partial charge is 0.345 e. The number of carbonyl (C=O) groups is 1. The average molecular weight is 378 g/mol. The Kier molecular flexibility index (Phi) is 4.35. The number of carbonyl (C=O) groups excluding carboxylic acids is 1. The topological polar surface area (TPSA) is 51.0 Å². The van der Waals surface area contributed by atoms with Crippen LogP contribution in [0.15, 0.2) is 60.9 Å². The molecule has 0 saturated heterocycles. The van der Waals surface area contributed by atoms with Crippen molar-refractivity contribution in [2.75, 3.05) is 14.1 Å². The van der Waals surface area contributed by atoms with E-state index in [1.54, 1.807) is 50.8 Å². The fourth-order valence-corrected chi connectivity index (χ4v) is 2.99. The van der Waals surface area contributed by atoms with Gasteiger partial charge in [0.2, 0.25) is 0 Å². The Balaban J connectivity index is 1.87. The standard InChI is InChI=1S/C21H16F2N4O/c1-26(2)21(28)16-10-19(25-18-8-7-14(22)9-15(16)18)13-11-24-27(12-13)20-6-4-3-5-17(20)23/h3-12H,1-2H3. The first-order valence-electron chi connectivity index (χ1n) is 8.56. The van der Waals surface area contributed by atoms with Crippen molar-refractivity contribution in [3.8, 4) is 16.9 Å². The Hall–Kier alpha value is -3.61. The lowest BCUT2D eigenvalue weighted by molar-refractivity contribution is 0.0829. The van der Waals surface area contributed by atoms with E-state index in [9.17, 15) is 13.6 Å². The lowest BCUT2D eigenvalue weighted by Gasteiger charge is -2.13. The molecule has 0 saturated carbocycles. The molecule has 0 radical (unpaired) electrons. The van der Waals surface area contributed by atoms with Crippen molar-refractivity contribution in [1.82, 2.24) is 19.7 Å². The number of nitrogens with zero attached hydrogens (tertiary/aromatic N) is 4. The van der Waals surface area contributed by atoms with E-state index >= 15 is 0 Å². The zero-order valence-electron chi connectivity index (χ0n) is 15.2. The van der Waals surface area contributed by atoms with Crippen molar-refractivity contribution in [1.29, 1.82) is 0 Å². The van der Waals surface area contributed by atoms with Gasteiger partial charge in [-0.2, -0.15) is 5.10 Å². The fraction of sp³-hybridized carbons (Fsp3) is 0.0952. The lowest BCUT2D eigenvalue weighted by Crippen LogP contribution is -2.22. The summed E-state index contributed by atoms with van der Waals surface area (Å²) in [4.78, 5) is 18.6. The van der Waals surface area contributed by atoms with Crippen molar-refractivity contribution >= 4 is 16.8 Å². The Morgan fingerprint density at radius 1 is 1.07 bits per heavy atom. The third-order valence-electron chi connectivity index (χ3n) is 4.38. The van der Waals surface area contributed by atoms with Gasteiger partial charge in [0.25, 0.3) is 5.91 Å². The van der Waals surface area contributed by atoms with E-state index in [0.717, 1.165) is 0 Å². The van der Waals surface area contributed by atoms with Crippen LogP contribution in [0.2, 0.25) is 0 Å². The molecule has 0 unspecified atom stereocenters. The minimum atomic E-state index is -0.442. The van der Waals surface area contributed by atoms with Crippen LogP contribution in [0.3, 0.4) is 0 Å². The van der Waals surface area contributed by atoms with Gasteiger partial charge in [-0.15, -0.1) is 0 Å². The number of hydrogen-bond donors (Lipinski definition) is 0. The Morgan fingerprint density at radius 3 is 2.61 bits per heavy atom. The predicted octanol–water partition coefficient (Wildman–Crippen LogP) is 4.07. The normalized spacial score (nSPS) is 11.0. The second-order valence-electron chi connectivity index (χ2n) is 6.54. The van der Waals surface area contributed by atoms with Crippen LogP contribution >= 0.6 is 0 Å². The van der Waals surface area contributed by atoms with Crippen molar-refractivity contribution in [2.24, 2.45) is 0 Å². The summed E-state index contributed by atoms with van der Waals surface area (Å²) in [5, 5.41) is 4.64. The molecule has 0 N–H and O–H groups in total. The van der Waals surface area contributed by atoms with Crippen LogP contribution in [0.4, 0.5) is 8.78 Å². The van der Waals surface area contributed by atoms with Crippen LogP contribution in [0.5, 0.6) is 0 Å². The van der Waals surface area contributed by atoms with Gasteiger partial charge in [-0.05, 0) is 36.4 Å². The number of aromatic nitrogens is 3. The molecule has 2 heterocycles. The molecule has 28 heavy (non-hydrogen) atoms. The number of halogens is 2. The molecule has 0 bridgehead atoms. The zero-order chi connectivity index (χ0) is 19.8. The summed E-state index contributed by atoms with van der Waals surface area (Å²) in [5.74, 6) is -1.11. The van der Waals surface area contributed by atoms with Crippen LogP contribution in [-0.2, 0) is 0 Å². The second-order valence-corrected chi connectivity index (χ2v) is 6.54. The van der Waals surface area contributed by atoms with Crippen molar-refractivity contribution in [3.63, 3.8) is 0 Å². The summed E-state index contributed by atoms with van der Waals surface area (Å²) in [6, 6.07) is 12.0. The van der Waals surface area contributed by atoms with Gasteiger partial charge in [0.05, 0.1) is 23.0 Å². The third kappa shape index (κ3) is 3.11. The smallest absolute Gasteiger partial charge is 0.254 e. The molecule has 0 atom stereocenters. The number of pyridine rings is 1. The number of para-hydroxylation sites is 1. The maximum absolute atomic E-state index is 14.0. The maximum Gasteiger partial charge on any atom is 0.254 e. The van der Waals surface area contributed by atoms with Gasteiger partial charge in [-0.25, -0.2) is 18.4 Å². The molecular formula is C21H16F2N4O. The molecule has 140 valence electrons. The summed E-state index contributed by atoms with van der Waals surface area (Å²) < 4.78 is 29.2. The van der Waals surface area contributed by atoms with Gasteiger partial charge in [-0.3, -0.25) is 4.79 Å².